The van der Waals surface area contributed by atoms with Gasteiger partial charge >= 0.3 is 10.2 Å². The molecule has 1 N–H and O–H groups in total. The molecule has 0 aliphatic carbocycles. The highest BCUT2D eigenvalue weighted by Crippen LogP contribution is 3.02. The highest BCUT2D eigenvalue weighted by atomic mass is 35.5. The molecule has 0 atom stereocenters. The van der Waals surface area contributed by atoms with Gasteiger partial charge in [-0.3, -0.25) is 5.10 Å². The zero-order valence-corrected chi connectivity index (χ0v) is 12.0. The van der Waals surface area contributed by atoms with E-state index in [4.69, 9.17) is 11.6 Å². The fourth-order valence-corrected chi connectivity index (χ4v) is 2.71. The first-order valence-corrected chi connectivity index (χ1v) is 7.98. The third-order valence-electron chi connectivity index (χ3n) is 2.78. The molecule has 118 valence electrons. The highest BCUT2D eigenvalue weighted by Gasteiger charge is 2.65. The first-order valence-electron chi connectivity index (χ1n) is 5.65. The normalized spacial score (nSPS) is 15.5. The molecule has 11 heteroatoms. The van der Waals surface area contributed by atoms with Crippen molar-refractivity contribution in [2.45, 2.75) is 4.90 Å². The Kier molecular flexibility index (Phi) is 2.64. The predicted octanol–water partition coefficient (Wildman–Crippen LogP) is 5.33. The summed E-state index contributed by atoms with van der Waals surface area (Å²) in [6, 6.07) is 2.66. The van der Waals surface area contributed by atoms with Crippen LogP contribution in [0.1, 0.15) is 0 Å². The van der Waals surface area contributed by atoms with Gasteiger partial charge in [0.2, 0.25) is 0 Å². The lowest BCUT2D eigenvalue weighted by molar-refractivity contribution is 0.364. The maximum atomic E-state index is 12.8. The lowest BCUT2D eigenvalue weighted by Gasteiger charge is -2.40. The number of H-pyrrole nitrogens is 1. The van der Waals surface area contributed by atoms with Crippen LogP contribution in [0.4, 0.5) is 19.4 Å². The van der Waals surface area contributed by atoms with E-state index < -0.39 is 15.1 Å². The maximum Gasteiger partial charge on any atom is 0.310 e. The van der Waals surface area contributed by atoms with E-state index >= 15 is 0 Å². The molecule has 3 rings (SSSR count). The Balaban J connectivity index is 2.20. The molecule has 0 radical (unpaired) electrons. The molecule has 0 unspecified atom stereocenters. The summed E-state index contributed by atoms with van der Waals surface area (Å²) in [4.78, 5) is 5.72. The topological polar surface area (TPSA) is 54.5 Å². The van der Waals surface area contributed by atoms with Crippen LogP contribution in [0.15, 0.2) is 35.4 Å². The molecule has 1 aromatic carbocycles. The number of hydrogen-bond donors (Lipinski definition) is 1. The molecule has 4 nitrogen and oxygen atoms in total. The van der Waals surface area contributed by atoms with Gasteiger partial charge in [-0.1, -0.05) is 43.2 Å². The molecule has 0 fully saturated rings. The van der Waals surface area contributed by atoms with Gasteiger partial charge < -0.3 is 0 Å². The molecule has 3 aromatic rings. The Hall–Kier alpha value is -1.94. The van der Waals surface area contributed by atoms with Gasteiger partial charge in [0.15, 0.2) is 11.0 Å². The van der Waals surface area contributed by atoms with E-state index in [1.54, 1.807) is 0 Å². The molecule has 0 spiro atoms. The van der Waals surface area contributed by atoms with E-state index in [9.17, 15) is 19.4 Å². The third-order valence-corrected chi connectivity index (χ3v) is 4.19. The summed E-state index contributed by atoms with van der Waals surface area (Å²) >= 11 is 5.84. The van der Waals surface area contributed by atoms with E-state index in [0.717, 1.165) is 6.07 Å². The van der Waals surface area contributed by atoms with Crippen LogP contribution in [0.2, 0.25) is 5.15 Å². The second kappa shape index (κ2) is 3.87. The van der Waals surface area contributed by atoms with Gasteiger partial charge in [0.05, 0.1) is 0 Å². The molecule has 0 bridgehead atoms. The fourth-order valence-electron chi connectivity index (χ4n) is 1.81. The van der Waals surface area contributed by atoms with Crippen LogP contribution >= 0.6 is 21.8 Å². The second-order valence-corrected chi connectivity index (χ2v) is 7.22. The summed E-state index contributed by atoms with van der Waals surface area (Å²) in [7, 11) is -9.77. The van der Waals surface area contributed by atoms with E-state index in [1.165, 1.54) is 12.3 Å². The number of rotatable bonds is 2. The first kappa shape index (κ1) is 15.0. The lowest BCUT2D eigenvalue weighted by atomic mass is 10.2. The summed E-state index contributed by atoms with van der Waals surface area (Å²) in [5.74, 6) is -0.206. The van der Waals surface area contributed by atoms with Gasteiger partial charge in [0, 0.05) is 11.8 Å². The van der Waals surface area contributed by atoms with Gasteiger partial charge in [0.25, 0.3) is 0 Å². The van der Waals surface area contributed by atoms with Crippen LogP contribution in [-0.2, 0) is 0 Å². The van der Waals surface area contributed by atoms with Crippen LogP contribution < -0.4 is 0 Å². The van der Waals surface area contributed by atoms with Crippen LogP contribution in [-0.4, -0.2) is 20.2 Å². The smallest absolute Gasteiger partial charge is 0.283 e. The van der Waals surface area contributed by atoms with Crippen LogP contribution in [0.5, 0.6) is 0 Å². The first-order chi connectivity index (χ1) is 9.94. The summed E-state index contributed by atoms with van der Waals surface area (Å²) in [6.45, 7) is 0. The van der Waals surface area contributed by atoms with Crippen molar-refractivity contribution in [2.75, 3.05) is 0 Å². The molecule has 0 saturated heterocycles. The number of fused-ring (bicyclic) bond motifs is 1. The van der Waals surface area contributed by atoms with Crippen molar-refractivity contribution >= 4 is 32.9 Å². The Morgan fingerprint density at radius 3 is 2.45 bits per heavy atom. The quantitative estimate of drug-likeness (QED) is 0.498. The van der Waals surface area contributed by atoms with E-state index in [2.05, 4.69) is 20.2 Å². The highest BCUT2D eigenvalue weighted by molar-refractivity contribution is 8.45. The maximum absolute atomic E-state index is 12.8. The van der Waals surface area contributed by atoms with Crippen molar-refractivity contribution in [3.8, 4) is 11.4 Å². The number of nitrogens with zero attached hydrogens (tertiary/aromatic N) is 3. The average molecular weight is 357 g/mol. The number of hydrogen-bond acceptors (Lipinski definition) is 3. The fraction of sp³-hybridized carbons (Fsp3) is 0. The average Bonchev–Trinajstić information content (AvgIpc) is 2.85. The molecule has 2 heterocycles. The van der Waals surface area contributed by atoms with Crippen molar-refractivity contribution in [1.82, 2.24) is 20.2 Å². The van der Waals surface area contributed by atoms with Gasteiger partial charge in [-0.05, 0) is 12.1 Å². The number of nitrogens with one attached hydrogen (secondary N) is 1. The van der Waals surface area contributed by atoms with Gasteiger partial charge in [-0.2, -0.15) is 5.10 Å². The van der Waals surface area contributed by atoms with Crippen molar-refractivity contribution in [2.24, 2.45) is 0 Å². The van der Waals surface area contributed by atoms with Gasteiger partial charge in [-0.25, -0.2) is 9.97 Å². The number of benzene rings is 1. The van der Waals surface area contributed by atoms with Crippen LogP contribution in [0.3, 0.4) is 0 Å². The van der Waals surface area contributed by atoms with Crippen molar-refractivity contribution in [1.29, 1.82) is 0 Å². The summed E-state index contributed by atoms with van der Waals surface area (Å²) in [5, 5.41) is 6.13. The minimum atomic E-state index is -9.77. The monoisotopic (exact) mass is 356 g/mol. The van der Waals surface area contributed by atoms with E-state index in [0.29, 0.717) is 12.1 Å². The zero-order chi connectivity index (χ0) is 16.2. The van der Waals surface area contributed by atoms with E-state index in [-0.39, 0.29) is 27.6 Å². The molecular formula is C11H6ClF5N4S. The molecule has 2 aromatic heterocycles. The van der Waals surface area contributed by atoms with Crippen molar-refractivity contribution < 1.29 is 19.4 Å². The molecule has 0 amide bonds. The minimum Gasteiger partial charge on any atom is -0.283 e. The molecule has 0 saturated carbocycles. The predicted molar refractivity (Wildman–Crippen MR) is 73.5 cm³/mol. The standard InChI is InChI=1S/C11H6ClF5N4S/c12-10-9-8(5-18-21-9)19-11(20-10)6-2-1-3-7(4-6)22(13,14,15,16)17/h1-5H,(H,18,21). The Labute approximate surface area is 125 Å². The molecular weight excluding hydrogens is 351 g/mol. The van der Waals surface area contributed by atoms with Crippen LogP contribution in [0, 0.1) is 0 Å². The largest absolute Gasteiger partial charge is 0.310 e. The van der Waals surface area contributed by atoms with Gasteiger partial charge in [0.1, 0.15) is 15.9 Å². The third kappa shape index (κ3) is 2.71. The minimum absolute atomic E-state index is 0.0982. The molecule has 0 aliphatic heterocycles. The zero-order valence-electron chi connectivity index (χ0n) is 10.4. The van der Waals surface area contributed by atoms with Crippen molar-refractivity contribution in [3.05, 3.63) is 35.6 Å². The number of aromatic amines is 1. The number of halogens is 6. The number of aromatic nitrogens is 4. The van der Waals surface area contributed by atoms with Gasteiger partial charge in [-0.15, -0.1) is 0 Å². The summed E-state index contributed by atoms with van der Waals surface area (Å²) in [5.41, 5.74) is 0.262. The summed E-state index contributed by atoms with van der Waals surface area (Å²) in [6.07, 6.45) is 1.36. The SMILES string of the molecule is FS(F)(F)(F)(F)c1cccc(-c2nc(Cl)c3n[nH]cc3n2)c1. The van der Waals surface area contributed by atoms with E-state index in [1.807, 2.05) is 0 Å². The Morgan fingerprint density at radius 1 is 1.05 bits per heavy atom. The second-order valence-electron chi connectivity index (χ2n) is 4.45. The summed E-state index contributed by atoms with van der Waals surface area (Å²) < 4.78 is 64.2. The lowest BCUT2D eigenvalue weighted by Crippen LogP contribution is -2.06. The van der Waals surface area contributed by atoms with Crippen molar-refractivity contribution in [3.63, 3.8) is 0 Å². The Morgan fingerprint density at radius 2 is 1.77 bits per heavy atom. The molecule has 0 aliphatic rings. The molecule has 22 heavy (non-hydrogen) atoms. The van der Waals surface area contributed by atoms with Crippen LogP contribution in [0.25, 0.3) is 22.4 Å². The Bertz CT molecular complexity index is 893.